The van der Waals surface area contributed by atoms with Crippen molar-refractivity contribution in [3.8, 4) is 0 Å². The van der Waals surface area contributed by atoms with Gasteiger partial charge in [-0.05, 0) is 64.2 Å². The lowest BCUT2D eigenvalue weighted by molar-refractivity contribution is -0.119. The predicted molar refractivity (Wildman–Crippen MR) is 158 cm³/mol. The van der Waals surface area contributed by atoms with Crippen LogP contribution >= 0.6 is 34.2 Å². The molecule has 0 saturated heterocycles. The highest BCUT2D eigenvalue weighted by atomic mass is 32.9. The van der Waals surface area contributed by atoms with E-state index in [-0.39, 0.29) is 23.3 Å². The molecule has 35 heavy (non-hydrogen) atoms. The molecule has 2 N–H and O–H groups in total. The normalized spacial score (nSPS) is 12.0. The van der Waals surface area contributed by atoms with E-state index in [1.807, 2.05) is 27.7 Å². The Morgan fingerprint density at radius 3 is 1.17 bits per heavy atom. The van der Waals surface area contributed by atoms with E-state index in [9.17, 15) is 9.59 Å². The molecule has 0 atom stereocenters. The van der Waals surface area contributed by atoms with Gasteiger partial charge in [0.25, 0.3) is 0 Å². The van der Waals surface area contributed by atoms with E-state index in [2.05, 4.69) is 10.6 Å². The van der Waals surface area contributed by atoms with Crippen LogP contribution in [0.4, 0.5) is 0 Å². The summed E-state index contributed by atoms with van der Waals surface area (Å²) in [7, 11) is 0. The molecular formula is C21H44N2O6P2S4. The van der Waals surface area contributed by atoms with Crippen LogP contribution in [0.3, 0.4) is 0 Å². The average Bonchev–Trinajstić information content (AvgIpc) is 2.80. The molecule has 0 aromatic heterocycles. The van der Waals surface area contributed by atoms with Gasteiger partial charge in [0, 0.05) is 13.1 Å². The van der Waals surface area contributed by atoms with Gasteiger partial charge >= 0.3 is 0 Å². The SMILES string of the molecule is CCOP(=S)(OCC)SCC(=O)NCCCCCCCCCNC(=O)CSP(=S)(OCC)OCC. The molecule has 0 heterocycles. The number of nitrogens with one attached hydrogen (secondary N) is 2. The number of hydrogen-bond acceptors (Lipinski definition) is 10. The van der Waals surface area contributed by atoms with Gasteiger partial charge in [-0.2, -0.15) is 0 Å². The minimum Gasteiger partial charge on any atom is -0.355 e. The van der Waals surface area contributed by atoms with Crippen LogP contribution in [0.1, 0.15) is 72.6 Å². The first-order valence-electron chi connectivity index (χ1n) is 12.3. The zero-order chi connectivity index (χ0) is 26.4. The first-order valence-corrected chi connectivity index (χ1v) is 20.8. The lowest BCUT2D eigenvalue weighted by Crippen LogP contribution is -2.26. The van der Waals surface area contributed by atoms with Crippen LogP contribution in [-0.4, -0.2) is 62.8 Å². The maximum absolute atomic E-state index is 12.0. The summed E-state index contributed by atoms with van der Waals surface area (Å²) in [6.07, 6.45) is 7.54. The summed E-state index contributed by atoms with van der Waals surface area (Å²) < 4.78 is 22.1. The Morgan fingerprint density at radius 1 is 0.600 bits per heavy atom. The molecule has 0 spiro atoms. The van der Waals surface area contributed by atoms with Crippen LogP contribution in [0, 0.1) is 0 Å². The Hall–Kier alpha value is 0.780. The molecule has 0 saturated carbocycles. The van der Waals surface area contributed by atoms with Crippen molar-refractivity contribution in [3.05, 3.63) is 0 Å². The second kappa shape index (κ2) is 22.7. The Bertz CT molecular complexity index is 602. The third-order valence-electron chi connectivity index (χ3n) is 4.35. The van der Waals surface area contributed by atoms with Crippen molar-refractivity contribution in [1.82, 2.24) is 10.6 Å². The third-order valence-corrected chi connectivity index (χ3v) is 15.2. The molecule has 0 bridgehead atoms. The first-order chi connectivity index (χ1) is 16.7. The van der Waals surface area contributed by atoms with Gasteiger partial charge in [0.2, 0.25) is 23.2 Å². The number of carbonyl (C=O) groups is 2. The fourth-order valence-corrected chi connectivity index (χ4v) is 11.3. The largest absolute Gasteiger partial charge is 0.355 e. The molecule has 0 aromatic rings. The van der Waals surface area contributed by atoms with Crippen LogP contribution in [0.15, 0.2) is 0 Å². The van der Waals surface area contributed by atoms with Gasteiger partial charge in [-0.3, -0.25) is 9.59 Å². The second-order valence-electron chi connectivity index (χ2n) is 7.29. The second-order valence-corrected chi connectivity index (χ2v) is 19.9. The Labute approximate surface area is 230 Å². The molecule has 208 valence electrons. The van der Waals surface area contributed by atoms with E-state index in [0.29, 0.717) is 39.5 Å². The van der Waals surface area contributed by atoms with Crippen molar-refractivity contribution in [2.75, 3.05) is 51.0 Å². The average molecular weight is 611 g/mol. The summed E-state index contributed by atoms with van der Waals surface area (Å²) in [5, 5.41) is 5.88. The lowest BCUT2D eigenvalue weighted by atomic mass is 10.1. The molecule has 0 rings (SSSR count). The van der Waals surface area contributed by atoms with Crippen LogP contribution < -0.4 is 10.6 Å². The van der Waals surface area contributed by atoms with Crippen molar-refractivity contribution in [2.24, 2.45) is 0 Å². The van der Waals surface area contributed by atoms with Crippen LogP contribution in [0.25, 0.3) is 0 Å². The topological polar surface area (TPSA) is 95.1 Å². The van der Waals surface area contributed by atoms with E-state index in [0.717, 1.165) is 44.9 Å². The summed E-state index contributed by atoms with van der Waals surface area (Å²) in [5.74, 6) is 0.475. The zero-order valence-electron chi connectivity index (χ0n) is 21.6. The summed E-state index contributed by atoms with van der Waals surface area (Å²) in [5.41, 5.74) is -4.82. The summed E-state index contributed by atoms with van der Waals surface area (Å²) >= 11 is 13.4. The number of hydrogen-bond donors (Lipinski definition) is 2. The molecule has 0 aliphatic carbocycles. The van der Waals surface area contributed by atoms with Crippen LogP contribution in [0.2, 0.25) is 0 Å². The van der Waals surface area contributed by atoms with Gasteiger partial charge < -0.3 is 28.7 Å². The van der Waals surface area contributed by atoms with E-state index < -0.39 is 11.4 Å². The van der Waals surface area contributed by atoms with Gasteiger partial charge in [-0.25, -0.2) is 0 Å². The van der Waals surface area contributed by atoms with Gasteiger partial charge in [-0.15, -0.1) is 0 Å². The van der Waals surface area contributed by atoms with E-state index in [1.165, 1.54) is 22.8 Å². The standard InChI is InChI=1S/C21H44N2O6P2S4/c1-5-26-30(32,27-6-2)34-18-20(24)22-16-14-12-10-9-11-13-15-17-23-21(25)19-35-31(33,28-7-3)29-8-4/h5-19H2,1-4H3,(H,22,24)(H,23,25). The molecule has 0 aliphatic heterocycles. The van der Waals surface area contributed by atoms with Gasteiger partial charge in [-0.1, -0.05) is 54.9 Å². The number of carbonyl (C=O) groups excluding carboxylic acids is 2. The number of amides is 2. The summed E-state index contributed by atoms with van der Waals surface area (Å²) in [6, 6.07) is 0. The van der Waals surface area contributed by atoms with Crippen molar-refractivity contribution in [3.63, 3.8) is 0 Å². The van der Waals surface area contributed by atoms with Gasteiger partial charge in [0.05, 0.1) is 37.9 Å². The van der Waals surface area contributed by atoms with E-state index in [4.69, 9.17) is 41.7 Å². The predicted octanol–water partition coefficient (Wildman–Crippen LogP) is 6.01. The lowest BCUT2D eigenvalue weighted by Gasteiger charge is -2.19. The van der Waals surface area contributed by atoms with Crippen LogP contribution in [-0.2, 0) is 51.3 Å². The molecule has 0 fully saturated rings. The fourth-order valence-electron chi connectivity index (χ4n) is 2.82. The number of rotatable bonds is 24. The Morgan fingerprint density at radius 2 is 0.886 bits per heavy atom. The van der Waals surface area contributed by atoms with Gasteiger partial charge in [0.1, 0.15) is 0 Å². The van der Waals surface area contributed by atoms with Crippen molar-refractivity contribution in [1.29, 1.82) is 0 Å². The third kappa shape index (κ3) is 20.4. The van der Waals surface area contributed by atoms with Gasteiger partial charge in [0.15, 0.2) is 0 Å². The van der Waals surface area contributed by atoms with Crippen molar-refractivity contribution < 1.29 is 27.7 Å². The fraction of sp³-hybridized carbons (Fsp3) is 0.905. The smallest absolute Gasteiger partial charge is 0.247 e. The quantitative estimate of drug-likeness (QED) is 0.0999. The summed E-state index contributed by atoms with van der Waals surface area (Å²) in [4.78, 5) is 24.0. The minimum absolute atomic E-state index is 0.0277. The first kappa shape index (κ1) is 35.8. The highest BCUT2D eigenvalue weighted by molar-refractivity contribution is 8.68. The molecule has 0 unspecified atom stereocenters. The molecule has 0 aromatic carbocycles. The van der Waals surface area contributed by atoms with Crippen molar-refractivity contribution in [2.45, 2.75) is 72.6 Å². The maximum Gasteiger partial charge on any atom is 0.247 e. The molecular weight excluding hydrogens is 566 g/mol. The molecule has 0 aliphatic rings. The summed E-state index contributed by atoms with van der Waals surface area (Å²) in [6.45, 7) is 10.8. The molecule has 0 radical (unpaired) electrons. The molecule has 8 nitrogen and oxygen atoms in total. The van der Waals surface area contributed by atoms with E-state index >= 15 is 0 Å². The number of unbranched alkanes of at least 4 members (excludes halogenated alkanes) is 6. The maximum atomic E-state index is 12.0. The Kier molecular flexibility index (Phi) is 23.2. The van der Waals surface area contributed by atoms with Crippen LogP contribution in [0.5, 0.6) is 0 Å². The van der Waals surface area contributed by atoms with Crippen molar-refractivity contribution >= 4 is 69.6 Å². The minimum atomic E-state index is -2.41. The Balaban J connectivity index is 3.67. The zero-order valence-corrected chi connectivity index (χ0v) is 26.6. The monoisotopic (exact) mass is 610 g/mol. The molecule has 14 heteroatoms. The highest BCUT2D eigenvalue weighted by Gasteiger charge is 2.21. The van der Waals surface area contributed by atoms with E-state index in [1.54, 1.807) is 0 Å². The molecule has 2 amide bonds. The highest BCUT2D eigenvalue weighted by Crippen LogP contribution is 2.61.